The predicted octanol–water partition coefficient (Wildman–Crippen LogP) is 0.810. The topological polar surface area (TPSA) is 101 Å². The second-order valence-electron chi connectivity index (χ2n) is 5.66. The minimum absolute atomic E-state index is 0.0166. The first kappa shape index (κ1) is 14.4. The number of hydrogen-bond donors (Lipinski definition) is 2. The molecule has 1 amide bonds. The van der Waals surface area contributed by atoms with E-state index in [2.05, 4.69) is 4.98 Å². The van der Waals surface area contributed by atoms with Gasteiger partial charge in [-0.25, -0.2) is 9.36 Å². The highest BCUT2D eigenvalue weighted by atomic mass is 16.2. The Morgan fingerprint density at radius 3 is 2.59 bits per heavy atom. The van der Waals surface area contributed by atoms with E-state index in [9.17, 15) is 14.4 Å². The SMILES string of the molecule is CC(=O)N1CCC(C(=O)n2c(=O)[nH]c3ccc(N)cc32)CC1. The van der Waals surface area contributed by atoms with Gasteiger partial charge >= 0.3 is 5.69 Å². The highest BCUT2D eigenvalue weighted by Crippen LogP contribution is 2.21. The Morgan fingerprint density at radius 2 is 1.95 bits per heavy atom. The Hall–Kier alpha value is -2.57. The lowest BCUT2D eigenvalue weighted by molar-refractivity contribution is -0.130. The van der Waals surface area contributed by atoms with Crippen LogP contribution in [0.1, 0.15) is 24.6 Å². The molecule has 1 aromatic heterocycles. The van der Waals surface area contributed by atoms with Gasteiger partial charge in [-0.15, -0.1) is 0 Å². The summed E-state index contributed by atoms with van der Waals surface area (Å²) >= 11 is 0. The number of likely N-dealkylation sites (tertiary alicyclic amines) is 1. The molecule has 1 aliphatic rings. The minimum atomic E-state index is -0.445. The number of piperidine rings is 1. The zero-order valence-corrected chi connectivity index (χ0v) is 12.3. The largest absolute Gasteiger partial charge is 0.399 e. The Bertz CT molecular complexity index is 797. The van der Waals surface area contributed by atoms with Gasteiger partial charge in [0.1, 0.15) is 0 Å². The molecule has 0 bridgehead atoms. The molecule has 116 valence electrons. The number of H-pyrrole nitrogens is 1. The van der Waals surface area contributed by atoms with Crippen molar-refractivity contribution < 1.29 is 9.59 Å². The zero-order valence-electron chi connectivity index (χ0n) is 12.3. The number of aromatic nitrogens is 2. The van der Waals surface area contributed by atoms with Crippen LogP contribution in [0.5, 0.6) is 0 Å². The van der Waals surface area contributed by atoms with E-state index in [1.807, 2.05) is 0 Å². The summed E-state index contributed by atoms with van der Waals surface area (Å²) in [6, 6.07) is 4.99. The van der Waals surface area contributed by atoms with Gasteiger partial charge in [-0.2, -0.15) is 0 Å². The molecule has 0 spiro atoms. The molecule has 22 heavy (non-hydrogen) atoms. The molecular weight excluding hydrogens is 284 g/mol. The van der Waals surface area contributed by atoms with Crippen LogP contribution in [-0.2, 0) is 4.79 Å². The van der Waals surface area contributed by atoms with Gasteiger partial charge in [0, 0.05) is 31.6 Å². The molecule has 2 aromatic rings. The van der Waals surface area contributed by atoms with E-state index in [0.29, 0.717) is 42.7 Å². The van der Waals surface area contributed by atoms with Crippen molar-refractivity contribution in [2.45, 2.75) is 19.8 Å². The number of hydrogen-bond acceptors (Lipinski definition) is 4. The number of carbonyl (C=O) groups is 2. The van der Waals surface area contributed by atoms with Crippen molar-refractivity contribution in [1.29, 1.82) is 0 Å². The maximum Gasteiger partial charge on any atom is 0.333 e. The monoisotopic (exact) mass is 302 g/mol. The van der Waals surface area contributed by atoms with Gasteiger partial charge in [-0.05, 0) is 31.0 Å². The van der Waals surface area contributed by atoms with E-state index in [4.69, 9.17) is 5.73 Å². The van der Waals surface area contributed by atoms with E-state index in [1.54, 1.807) is 23.1 Å². The number of nitrogen functional groups attached to an aromatic ring is 1. The molecule has 3 rings (SSSR count). The number of imidazole rings is 1. The third-order valence-electron chi connectivity index (χ3n) is 4.22. The van der Waals surface area contributed by atoms with Crippen LogP contribution in [0.3, 0.4) is 0 Å². The Labute approximate surface area is 126 Å². The van der Waals surface area contributed by atoms with Gasteiger partial charge in [0.25, 0.3) is 0 Å². The standard InChI is InChI=1S/C15H18N4O3/c1-9(20)18-6-4-10(5-7-18)14(21)19-13-8-11(16)2-3-12(13)17-15(19)22/h2-3,8,10H,4-7,16H2,1H3,(H,17,22). The second kappa shape index (κ2) is 5.32. The van der Waals surface area contributed by atoms with Gasteiger partial charge in [-0.3, -0.25) is 9.59 Å². The molecule has 1 saturated heterocycles. The van der Waals surface area contributed by atoms with Crippen LogP contribution < -0.4 is 11.4 Å². The van der Waals surface area contributed by atoms with Gasteiger partial charge in [0.05, 0.1) is 11.0 Å². The van der Waals surface area contributed by atoms with E-state index < -0.39 is 5.69 Å². The lowest BCUT2D eigenvalue weighted by atomic mass is 9.95. The van der Waals surface area contributed by atoms with Crippen LogP contribution in [-0.4, -0.2) is 39.4 Å². The average molecular weight is 302 g/mol. The Balaban J connectivity index is 1.90. The van der Waals surface area contributed by atoms with Crippen molar-refractivity contribution >= 4 is 28.5 Å². The number of aromatic amines is 1. The first-order valence-electron chi connectivity index (χ1n) is 7.27. The van der Waals surface area contributed by atoms with E-state index in [-0.39, 0.29) is 17.7 Å². The predicted molar refractivity (Wildman–Crippen MR) is 82.6 cm³/mol. The lowest BCUT2D eigenvalue weighted by Crippen LogP contribution is -2.41. The van der Waals surface area contributed by atoms with Crippen LogP contribution in [0, 0.1) is 5.92 Å². The van der Waals surface area contributed by atoms with Crippen LogP contribution in [0.25, 0.3) is 11.0 Å². The molecule has 1 fully saturated rings. The molecule has 0 saturated carbocycles. The van der Waals surface area contributed by atoms with Crippen molar-refractivity contribution in [3.05, 3.63) is 28.7 Å². The fourth-order valence-corrected chi connectivity index (χ4v) is 2.96. The summed E-state index contributed by atoms with van der Waals surface area (Å²) in [6.07, 6.45) is 1.14. The summed E-state index contributed by atoms with van der Waals surface area (Å²) in [5.74, 6) is -0.471. The van der Waals surface area contributed by atoms with E-state index >= 15 is 0 Å². The summed E-state index contributed by atoms with van der Waals surface area (Å²) in [5.41, 5.74) is 6.90. The van der Waals surface area contributed by atoms with Gasteiger partial charge in [0.15, 0.2) is 0 Å². The Morgan fingerprint density at radius 1 is 1.27 bits per heavy atom. The first-order valence-corrected chi connectivity index (χ1v) is 7.27. The van der Waals surface area contributed by atoms with Crippen molar-refractivity contribution in [2.75, 3.05) is 18.8 Å². The number of fused-ring (bicyclic) bond motifs is 1. The molecule has 3 N–H and O–H groups in total. The Kier molecular flexibility index (Phi) is 3.48. The fraction of sp³-hybridized carbons (Fsp3) is 0.400. The summed E-state index contributed by atoms with van der Waals surface area (Å²) in [4.78, 5) is 40.5. The fourth-order valence-electron chi connectivity index (χ4n) is 2.96. The number of rotatable bonds is 1. The number of benzene rings is 1. The molecule has 0 radical (unpaired) electrons. The quantitative estimate of drug-likeness (QED) is 0.761. The van der Waals surface area contributed by atoms with Gasteiger partial charge < -0.3 is 15.6 Å². The molecule has 7 heteroatoms. The second-order valence-corrected chi connectivity index (χ2v) is 5.66. The van der Waals surface area contributed by atoms with Crippen LogP contribution >= 0.6 is 0 Å². The molecule has 1 aromatic carbocycles. The minimum Gasteiger partial charge on any atom is -0.399 e. The molecule has 2 heterocycles. The summed E-state index contributed by atoms with van der Waals surface area (Å²) in [5, 5.41) is 0. The third-order valence-corrected chi connectivity index (χ3v) is 4.22. The molecule has 7 nitrogen and oxygen atoms in total. The average Bonchev–Trinajstić information content (AvgIpc) is 2.82. The number of nitrogens with two attached hydrogens (primary N) is 1. The molecule has 0 atom stereocenters. The summed E-state index contributed by atoms with van der Waals surface area (Å²) in [7, 11) is 0. The maximum absolute atomic E-state index is 12.7. The van der Waals surface area contributed by atoms with Crippen LogP contribution in [0.15, 0.2) is 23.0 Å². The molecule has 0 unspecified atom stereocenters. The maximum atomic E-state index is 12.7. The van der Waals surface area contributed by atoms with Crippen LogP contribution in [0.2, 0.25) is 0 Å². The lowest BCUT2D eigenvalue weighted by Gasteiger charge is -2.30. The van der Waals surface area contributed by atoms with Crippen molar-refractivity contribution in [2.24, 2.45) is 5.92 Å². The van der Waals surface area contributed by atoms with Crippen molar-refractivity contribution in [3.8, 4) is 0 Å². The van der Waals surface area contributed by atoms with E-state index in [1.165, 1.54) is 11.5 Å². The van der Waals surface area contributed by atoms with Gasteiger partial charge in [0.2, 0.25) is 11.8 Å². The third kappa shape index (κ3) is 2.38. The van der Waals surface area contributed by atoms with Crippen LogP contribution in [0.4, 0.5) is 5.69 Å². The normalized spacial score (nSPS) is 16.1. The number of nitrogens with one attached hydrogen (secondary N) is 1. The van der Waals surface area contributed by atoms with Crippen molar-refractivity contribution in [1.82, 2.24) is 14.5 Å². The molecule has 1 aliphatic heterocycles. The van der Waals surface area contributed by atoms with E-state index in [0.717, 1.165) is 0 Å². The van der Waals surface area contributed by atoms with Gasteiger partial charge in [-0.1, -0.05) is 0 Å². The number of anilines is 1. The summed E-state index contributed by atoms with van der Waals surface area (Å²) < 4.78 is 1.17. The smallest absolute Gasteiger partial charge is 0.333 e. The highest BCUT2D eigenvalue weighted by molar-refractivity contribution is 5.92. The number of carbonyl (C=O) groups excluding carboxylic acids is 2. The number of amides is 1. The number of nitrogens with zero attached hydrogens (tertiary/aromatic N) is 2. The zero-order chi connectivity index (χ0) is 15.9. The molecule has 0 aliphatic carbocycles. The first-order chi connectivity index (χ1) is 10.5. The summed E-state index contributed by atoms with van der Waals surface area (Å²) in [6.45, 7) is 2.62. The molecular formula is C15H18N4O3. The highest BCUT2D eigenvalue weighted by Gasteiger charge is 2.28. The van der Waals surface area contributed by atoms with Crippen molar-refractivity contribution in [3.63, 3.8) is 0 Å².